The lowest BCUT2D eigenvalue weighted by Crippen LogP contribution is -2.02. The van der Waals surface area contributed by atoms with Gasteiger partial charge in [-0.15, -0.1) is 6.42 Å². The van der Waals surface area contributed by atoms with Crippen molar-refractivity contribution >= 4 is 27.6 Å². The second-order valence-corrected chi connectivity index (χ2v) is 4.69. The van der Waals surface area contributed by atoms with Gasteiger partial charge in [0.15, 0.2) is 6.61 Å². The summed E-state index contributed by atoms with van der Waals surface area (Å²) in [6.07, 6.45) is 6.78. The SMILES string of the molecule is C#CCOc1nc(Nc2cccc(C)c2)ncc1Br. The van der Waals surface area contributed by atoms with E-state index in [0.717, 1.165) is 11.3 Å². The Hall–Kier alpha value is -2.06. The van der Waals surface area contributed by atoms with Crippen LogP contribution < -0.4 is 10.1 Å². The van der Waals surface area contributed by atoms with Crippen LogP contribution in [0.15, 0.2) is 34.9 Å². The van der Waals surface area contributed by atoms with Crippen molar-refractivity contribution in [2.45, 2.75) is 6.92 Å². The van der Waals surface area contributed by atoms with Gasteiger partial charge in [-0.25, -0.2) is 4.98 Å². The zero-order valence-electron chi connectivity index (χ0n) is 10.4. The zero-order valence-corrected chi connectivity index (χ0v) is 11.9. The normalized spacial score (nSPS) is 9.74. The molecule has 0 saturated heterocycles. The van der Waals surface area contributed by atoms with Crippen molar-refractivity contribution in [2.75, 3.05) is 11.9 Å². The molecule has 96 valence electrons. The van der Waals surface area contributed by atoms with Crippen LogP contribution in [-0.2, 0) is 0 Å². The number of terminal acetylenes is 1. The molecule has 1 aromatic carbocycles. The first-order valence-electron chi connectivity index (χ1n) is 5.61. The van der Waals surface area contributed by atoms with E-state index in [0.29, 0.717) is 16.3 Å². The summed E-state index contributed by atoms with van der Waals surface area (Å²) in [5, 5.41) is 3.11. The van der Waals surface area contributed by atoms with Gasteiger partial charge < -0.3 is 10.1 Å². The summed E-state index contributed by atoms with van der Waals surface area (Å²) in [6, 6.07) is 7.94. The van der Waals surface area contributed by atoms with Crippen LogP contribution in [0.4, 0.5) is 11.6 Å². The average molecular weight is 318 g/mol. The second kappa shape index (κ2) is 6.21. The number of halogens is 1. The Morgan fingerprint density at radius 2 is 2.32 bits per heavy atom. The van der Waals surface area contributed by atoms with E-state index in [4.69, 9.17) is 11.2 Å². The first kappa shape index (κ1) is 13.4. The van der Waals surface area contributed by atoms with Gasteiger partial charge in [-0.1, -0.05) is 18.1 Å². The minimum Gasteiger partial charge on any atom is -0.464 e. The number of aromatic nitrogens is 2. The summed E-state index contributed by atoms with van der Waals surface area (Å²) >= 11 is 3.31. The van der Waals surface area contributed by atoms with Crippen molar-refractivity contribution in [3.8, 4) is 18.2 Å². The maximum Gasteiger partial charge on any atom is 0.233 e. The second-order valence-electron chi connectivity index (χ2n) is 3.83. The Kier molecular flexibility index (Phi) is 4.37. The molecule has 1 heterocycles. The fourth-order valence-corrected chi connectivity index (χ4v) is 1.78. The molecule has 0 unspecified atom stereocenters. The quantitative estimate of drug-likeness (QED) is 0.879. The third-order valence-corrected chi connectivity index (χ3v) is 2.82. The van der Waals surface area contributed by atoms with Gasteiger partial charge in [-0.2, -0.15) is 4.98 Å². The molecule has 0 aliphatic carbocycles. The smallest absolute Gasteiger partial charge is 0.233 e. The first-order chi connectivity index (χ1) is 9.19. The lowest BCUT2D eigenvalue weighted by molar-refractivity contribution is 0.353. The highest BCUT2D eigenvalue weighted by Crippen LogP contribution is 2.24. The summed E-state index contributed by atoms with van der Waals surface area (Å²) in [6.45, 7) is 2.19. The molecule has 1 N–H and O–H groups in total. The summed E-state index contributed by atoms with van der Waals surface area (Å²) in [5.74, 6) is 3.27. The number of anilines is 2. The highest BCUT2D eigenvalue weighted by atomic mass is 79.9. The summed E-state index contributed by atoms with van der Waals surface area (Å²) in [7, 11) is 0. The van der Waals surface area contributed by atoms with Gasteiger partial charge in [0.2, 0.25) is 11.8 Å². The minimum atomic E-state index is 0.166. The standard InChI is InChI=1S/C14H12BrN3O/c1-3-7-19-13-12(15)9-16-14(18-13)17-11-6-4-5-10(2)8-11/h1,4-6,8-9H,7H2,2H3,(H,16,17,18). The largest absolute Gasteiger partial charge is 0.464 e. The van der Waals surface area contributed by atoms with Gasteiger partial charge in [0.25, 0.3) is 0 Å². The summed E-state index contributed by atoms with van der Waals surface area (Å²) < 4.78 is 5.98. The summed E-state index contributed by atoms with van der Waals surface area (Å²) in [5.41, 5.74) is 2.08. The van der Waals surface area contributed by atoms with Crippen molar-refractivity contribution in [1.29, 1.82) is 0 Å². The van der Waals surface area contributed by atoms with Gasteiger partial charge in [-0.05, 0) is 40.5 Å². The van der Waals surface area contributed by atoms with Crippen molar-refractivity contribution in [3.63, 3.8) is 0 Å². The third-order valence-electron chi connectivity index (χ3n) is 2.28. The molecule has 0 spiro atoms. The molecule has 0 atom stereocenters. The van der Waals surface area contributed by atoms with E-state index in [2.05, 4.69) is 37.1 Å². The predicted octanol–water partition coefficient (Wildman–Crippen LogP) is 3.30. The number of benzene rings is 1. The van der Waals surface area contributed by atoms with E-state index in [-0.39, 0.29) is 6.61 Å². The van der Waals surface area contributed by atoms with Crippen LogP contribution in [0.25, 0.3) is 0 Å². The van der Waals surface area contributed by atoms with Crippen molar-refractivity contribution < 1.29 is 4.74 Å². The topological polar surface area (TPSA) is 47.0 Å². The Bertz CT molecular complexity index is 622. The Morgan fingerprint density at radius 1 is 1.47 bits per heavy atom. The molecule has 1 aromatic heterocycles. The van der Waals surface area contributed by atoms with Gasteiger partial charge in [0.05, 0.1) is 10.7 Å². The average Bonchev–Trinajstić information content (AvgIpc) is 2.39. The lowest BCUT2D eigenvalue weighted by Gasteiger charge is -2.08. The fourth-order valence-electron chi connectivity index (χ4n) is 1.47. The Morgan fingerprint density at radius 3 is 3.05 bits per heavy atom. The van der Waals surface area contributed by atoms with E-state index in [1.807, 2.05) is 31.2 Å². The molecule has 0 saturated carbocycles. The van der Waals surface area contributed by atoms with Crippen LogP contribution in [0.2, 0.25) is 0 Å². The van der Waals surface area contributed by atoms with Crippen molar-refractivity contribution in [3.05, 3.63) is 40.5 Å². The fraction of sp³-hybridized carbons (Fsp3) is 0.143. The number of hydrogen-bond donors (Lipinski definition) is 1. The van der Waals surface area contributed by atoms with E-state index in [1.54, 1.807) is 6.20 Å². The zero-order chi connectivity index (χ0) is 13.7. The first-order valence-corrected chi connectivity index (χ1v) is 6.41. The van der Waals surface area contributed by atoms with Crippen LogP contribution in [-0.4, -0.2) is 16.6 Å². The van der Waals surface area contributed by atoms with Crippen molar-refractivity contribution in [1.82, 2.24) is 9.97 Å². The van der Waals surface area contributed by atoms with Crippen LogP contribution in [0.1, 0.15) is 5.56 Å². The van der Waals surface area contributed by atoms with Gasteiger partial charge in [-0.3, -0.25) is 0 Å². The molecular formula is C14H12BrN3O. The molecule has 2 aromatic rings. The highest BCUT2D eigenvalue weighted by molar-refractivity contribution is 9.10. The van der Waals surface area contributed by atoms with Crippen LogP contribution in [0, 0.1) is 19.3 Å². The lowest BCUT2D eigenvalue weighted by atomic mass is 10.2. The number of hydrogen-bond acceptors (Lipinski definition) is 4. The maximum atomic E-state index is 5.31. The summed E-state index contributed by atoms with van der Waals surface area (Å²) in [4.78, 5) is 8.42. The molecule has 0 aliphatic heterocycles. The molecule has 0 radical (unpaired) electrons. The van der Waals surface area contributed by atoms with Gasteiger partial charge in [0.1, 0.15) is 0 Å². The molecule has 0 bridgehead atoms. The molecular weight excluding hydrogens is 306 g/mol. The monoisotopic (exact) mass is 317 g/mol. The molecule has 2 rings (SSSR count). The Balaban J connectivity index is 2.19. The predicted molar refractivity (Wildman–Crippen MR) is 78.5 cm³/mol. The molecule has 0 fully saturated rings. The molecule has 19 heavy (non-hydrogen) atoms. The number of aryl methyl sites for hydroxylation is 1. The van der Waals surface area contributed by atoms with Crippen LogP contribution in [0.3, 0.4) is 0 Å². The molecule has 5 heteroatoms. The van der Waals surface area contributed by atoms with E-state index in [1.165, 1.54) is 0 Å². The molecule has 0 amide bonds. The highest BCUT2D eigenvalue weighted by Gasteiger charge is 2.06. The van der Waals surface area contributed by atoms with Gasteiger partial charge in [0, 0.05) is 5.69 Å². The Labute approximate surface area is 120 Å². The maximum absolute atomic E-state index is 5.31. The molecule has 0 aliphatic rings. The van der Waals surface area contributed by atoms with Crippen LogP contribution in [0.5, 0.6) is 5.88 Å². The van der Waals surface area contributed by atoms with Crippen molar-refractivity contribution in [2.24, 2.45) is 0 Å². The third kappa shape index (κ3) is 3.70. The number of nitrogens with zero attached hydrogens (tertiary/aromatic N) is 2. The van der Waals surface area contributed by atoms with Crippen LogP contribution >= 0.6 is 15.9 Å². The van der Waals surface area contributed by atoms with E-state index in [9.17, 15) is 0 Å². The van der Waals surface area contributed by atoms with Gasteiger partial charge >= 0.3 is 0 Å². The number of nitrogens with one attached hydrogen (secondary N) is 1. The van der Waals surface area contributed by atoms with E-state index >= 15 is 0 Å². The minimum absolute atomic E-state index is 0.166. The van der Waals surface area contributed by atoms with E-state index < -0.39 is 0 Å². The number of rotatable bonds is 4. The molecule has 4 nitrogen and oxygen atoms in total. The number of ether oxygens (including phenoxy) is 1.